The van der Waals surface area contributed by atoms with Gasteiger partial charge in [0.2, 0.25) is 0 Å². The third kappa shape index (κ3) is 3.38. The summed E-state index contributed by atoms with van der Waals surface area (Å²) in [6.45, 7) is 5.68. The van der Waals surface area contributed by atoms with E-state index in [1.165, 1.54) is 11.3 Å². The minimum atomic E-state index is 0.249. The van der Waals surface area contributed by atoms with E-state index in [2.05, 4.69) is 17.1 Å². The van der Waals surface area contributed by atoms with Crippen molar-refractivity contribution in [3.63, 3.8) is 0 Å². The third-order valence-electron chi connectivity index (χ3n) is 3.28. The second kappa shape index (κ2) is 6.55. The zero-order valence-corrected chi connectivity index (χ0v) is 12.9. The Morgan fingerprint density at radius 2 is 2.39 bits per heavy atom. The lowest BCUT2D eigenvalue weighted by Crippen LogP contribution is -2.46. The minimum absolute atomic E-state index is 0.249. The summed E-state index contributed by atoms with van der Waals surface area (Å²) in [6.07, 6.45) is 0.249. The predicted molar refractivity (Wildman–Crippen MR) is 78.0 cm³/mol. The van der Waals surface area contributed by atoms with E-state index in [9.17, 15) is 0 Å². The monoisotopic (exact) mass is 308 g/mol. The lowest BCUT2D eigenvalue weighted by atomic mass is 10.1. The highest BCUT2D eigenvalue weighted by Gasteiger charge is 2.26. The molecule has 2 atom stereocenters. The summed E-state index contributed by atoms with van der Waals surface area (Å²) in [4.78, 5) is 2.40. The van der Waals surface area contributed by atoms with E-state index in [0.29, 0.717) is 0 Å². The Morgan fingerprint density at radius 1 is 1.61 bits per heavy atom. The number of rotatable bonds is 4. The second-order valence-corrected chi connectivity index (χ2v) is 6.79. The van der Waals surface area contributed by atoms with Gasteiger partial charge in [-0.3, -0.25) is 4.90 Å². The van der Waals surface area contributed by atoms with Crippen LogP contribution >= 0.6 is 34.5 Å². The maximum atomic E-state index is 6.22. The molecule has 0 bridgehead atoms. The van der Waals surface area contributed by atoms with E-state index in [4.69, 9.17) is 27.9 Å². The molecule has 1 saturated heterocycles. The summed E-state index contributed by atoms with van der Waals surface area (Å²) in [6, 6.07) is 2.26. The first-order valence-corrected chi connectivity index (χ1v) is 7.64. The zero-order chi connectivity index (χ0) is 13.1. The van der Waals surface area contributed by atoms with Gasteiger partial charge in [-0.05, 0) is 20.0 Å². The molecule has 0 radical (unpaired) electrons. The molecule has 1 aromatic rings. The first-order chi connectivity index (χ1) is 8.61. The van der Waals surface area contributed by atoms with Crippen LogP contribution in [0, 0.1) is 0 Å². The van der Waals surface area contributed by atoms with Crippen molar-refractivity contribution < 1.29 is 4.74 Å². The van der Waals surface area contributed by atoms with Crippen molar-refractivity contribution in [3.8, 4) is 0 Å². The van der Waals surface area contributed by atoms with Gasteiger partial charge in [-0.2, -0.15) is 0 Å². The summed E-state index contributed by atoms with van der Waals surface area (Å²) in [5.74, 6) is 0. The van der Waals surface area contributed by atoms with Crippen LogP contribution in [0.5, 0.6) is 0 Å². The van der Waals surface area contributed by atoms with Crippen LogP contribution in [0.4, 0.5) is 0 Å². The van der Waals surface area contributed by atoms with Crippen LogP contribution in [0.3, 0.4) is 0 Å². The SMILES string of the molecule is CNCC1CN(C(C)c2cc(Cl)sc2Cl)CCO1. The Morgan fingerprint density at radius 3 is 3.00 bits per heavy atom. The Labute approximate surface area is 122 Å². The smallest absolute Gasteiger partial charge is 0.0991 e. The molecule has 6 heteroatoms. The number of nitrogens with one attached hydrogen (secondary N) is 1. The van der Waals surface area contributed by atoms with Crippen LogP contribution in [-0.2, 0) is 4.74 Å². The van der Waals surface area contributed by atoms with Crippen LogP contribution in [0.25, 0.3) is 0 Å². The minimum Gasteiger partial charge on any atom is -0.374 e. The summed E-state index contributed by atoms with van der Waals surface area (Å²) >= 11 is 13.7. The van der Waals surface area contributed by atoms with E-state index in [0.717, 1.165) is 40.5 Å². The van der Waals surface area contributed by atoms with Gasteiger partial charge in [0.25, 0.3) is 0 Å². The summed E-state index contributed by atoms with van der Waals surface area (Å²) < 4.78 is 7.26. The Balaban J connectivity index is 2.04. The third-order valence-corrected chi connectivity index (χ3v) is 4.80. The molecular formula is C12H18Cl2N2OS. The Hall–Kier alpha value is 0.160. The quantitative estimate of drug-likeness (QED) is 0.925. The number of ether oxygens (including phenoxy) is 1. The van der Waals surface area contributed by atoms with Crippen LogP contribution in [0.15, 0.2) is 6.07 Å². The average molecular weight is 309 g/mol. The molecule has 3 nitrogen and oxygen atoms in total. The van der Waals surface area contributed by atoms with Crippen LogP contribution < -0.4 is 5.32 Å². The molecule has 0 amide bonds. The molecule has 0 spiro atoms. The van der Waals surface area contributed by atoms with Crippen LogP contribution in [-0.4, -0.2) is 44.3 Å². The molecule has 0 aliphatic carbocycles. The molecule has 2 heterocycles. The van der Waals surface area contributed by atoms with Crippen molar-refractivity contribution in [2.75, 3.05) is 33.3 Å². The summed E-state index contributed by atoms with van der Waals surface area (Å²) in [7, 11) is 1.95. The van der Waals surface area contributed by atoms with Crippen LogP contribution in [0.2, 0.25) is 8.67 Å². The van der Waals surface area contributed by atoms with Crippen molar-refractivity contribution in [2.24, 2.45) is 0 Å². The number of halogens is 2. The lowest BCUT2D eigenvalue weighted by Gasteiger charge is -2.36. The van der Waals surface area contributed by atoms with E-state index in [-0.39, 0.29) is 12.1 Å². The fourth-order valence-corrected chi connectivity index (χ4v) is 3.91. The maximum absolute atomic E-state index is 6.22. The van der Waals surface area contributed by atoms with Gasteiger partial charge in [-0.15, -0.1) is 11.3 Å². The normalized spacial score (nSPS) is 23.2. The molecule has 0 saturated carbocycles. The number of hydrogen-bond acceptors (Lipinski definition) is 4. The number of likely N-dealkylation sites (N-methyl/N-ethyl adjacent to an activating group) is 1. The molecule has 18 heavy (non-hydrogen) atoms. The Kier molecular flexibility index (Phi) is 5.30. The molecule has 1 N–H and O–H groups in total. The van der Waals surface area contributed by atoms with Gasteiger partial charge in [0, 0.05) is 31.2 Å². The van der Waals surface area contributed by atoms with Crippen molar-refractivity contribution in [1.29, 1.82) is 0 Å². The molecule has 2 rings (SSSR count). The molecule has 1 aromatic heterocycles. The standard InChI is InChI=1S/C12H18Cl2N2OS/c1-8(10-5-11(13)18-12(10)14)16-3-4-17-9(7-16)6-15-2/h5,8-9,15H,3-4,6-7H2,1-2H3. The molecule has 102 valence electrons. The van der Waals surface area contributed by atoms with Crippen molar-refractivity contribution in [3.05, 3.63) is 20.3 Å². The average Bonchev–Trinajstić information content (AvgIpc) is 2.68. The zero-order valence-electron chi connectivity index (χ0n) is 10.6. The maximum Gasteiger partial charge on any atom is 0.0991 e. The van der Waals surface area contributed by atoms with Gasteiger partial charge in [-0.1, -0.05) is 23.2 Å². The topological polar surface area (TPSA) is 24.5 Å². The number of thiophene rings is 1. The highest BCUT2D eigenvalue weighted by Crippen LogP contribution is 2.37. The fourth-order valence-electron chi connectivity index (χ4n) is 2.28. The number of morpholine rings is 1. The second-order valence-electron chi connectivity index (χ2n) is 4.50. The van der Waals surface area contributed by atoms with Crippen molar-refractivity contribution in [1.82, 2.24) is 10.2 Å². The summed E-state index contributed by atoms with van der Waals surface area (Å²) in [5, 5.41) is 3.16. The summed E-state index contributed by atoms with van der Waals surface area (Å²) in [5.41, 5.74) is 1.12. The fraction of sp³-hybridized carbons (Fsp3) is 0.667. The Bertz CT molecular complexity index is 397. The van der Waals surface area contributed by atoms with Gasteiger partial charge in [-0.25, -0.2) is 0 Å². The van der Waals surface area contributed by atoms with Crippen LogP contribution in [0.1, 0.15) is 18.5 Å². The van der Waals surface area contributed by atoms with Gasteiger partial charge in [0.05, 0.1) is 21.4 Å². The van der Waals surface area contributed by atoms with E-state index in [1.807, 2.05) is 13.1 Å². The van der Waals surface area contributed by atoms with Crippen molar-refractivity contribution in [2.45, 2.75) is 19.1 Å². The van der Waals surface area contributed by atoms with Gasteiger partial charge < -0.3 is 10.1 Å². The molecule has 2 unspecified atom stereocenters. The molecule has 0 aromatic carbocycles. The van der Waals surface area contributed by atoms with E-state index >= 15 is 0 Å². The van der Waals surface area contributed by atoms with Gasteiger partial charge >= 0.3 is 0 Å². The molecular weight excluding hydrogens is 291 g/mol. The van der Waals surface area contributed by atoms with E-state index < -0.39 is 0 Å². The van der Waals surface area contributed by atoms with Crippen molar-refractivity contribution >= 4 is 34.5 Å². The number of hydrogen-bond donors (Lipinski definition) is 1. The molecule has 1 fully saturated rings. The number of nitrogens with zero attached hydrogens (tertiary/aromatic N) is 1. The lowest BCUT2D eigenvalue weighted by molar-refractivity contribution is -0.0392. The van der Waals surface area contributed by atoms with Gasteiger partial charge in [0.1, 0.15) is 0 Å². The molecule has 1 aliphatic rings. The highest BCUT2D eigenvalue weighted by molar-refractivity contribution is 7.20. The molecule has 1 aliphatic heterocycles. The highest BCUT2D eigenvalue weighted by atomic mass is 35.5. The van der Waals surface area contributed by atoms with Gasteiger partial charge in [0.15, 0.2) is 0 Å². The first kappa shape index (κ1) is 14.6. The van der Waals surface area contributed by atoms with E-state index in [1.54, 1.807) is 0 Å². The first-order valence-electron chi connectivity index (χ1n) is 6.06. The largest absolute Gasteiger partial charge is 0.374 e. The predicted octanol–water partition coefficient (Wildman–Crippen LogP) is 3.04.